The van der Waals surface area contributed by atoms with E-state index >= 15 is 0 Å². The molecule has 0 bridgehead atoms. The number of fused-ring (bicyclic) bond motifs is 1. The first-order valence-corrected chi connectivity index (χ1v) is 12.9. The monoisotopic (exact) mass is 484 g/mol. The molecule has 176 valence electrons. The predicted octanol–water partition coefficient (Wildman–Crippen LogP) is 4.49. The molecular formula is C27H24N4O3S. The minimum atomic E-state index is -3.37. The predicted molar refractivity (Wildman–Crippen MR) is 140 cm³/mol. The summed E-state index contributed by atoms with van der Waals surface area (Å²) >= 11 is 0. The molecule has 0 saturated heterocycles. The van der Waals surface area contributed by atoms with Crippen LogP contribution < -0.4 is 10.3 Å². The first-order chi connectivity index (χ1) is 16.8. The number of anilines is 1. The van der Waals surface area contributed by atoms with Crippen molar-refractivity contribution in [2.45, 2.75) is 6.54 Å². The van der Waals surface area contributed by atoms with Crippen molar-refractivity contribution < 1.29 is 8.42 Å². The Morgan fingerprint density at radius 2 is 1.60 bits per heavy atom. The zero-order valence-electron chi connectivity index (χ0n) is 19.3. The molecule has 0 radical (unpaired) electrons. The summed E-state index contributed by atoms with van der Waals surface area (Å²) in [6.07, 6.45) is 4.80. The molecule has 0 spiro atoms. The molecule has 35 heavy (non-hydrogen) atoms. The number of nitrogens with zero attached hydrogens (tertiary/aromatic N) is 3. The molecule has 5 aromatic rings. The molecule has 0 amide bonds. The standard InChI is InChI=1S/C27H24N4O3S/c1-30-18-25(24(15-27(30)32)20-10-12-23(13-11-20)29-35(2,33)34)21-8-9-22-16-28-31(26(22)14-21)17-19-6-4-3-5-7-19/h3-16,18,29H,17H2,1-2H3. The van der Waals surface area contributed by atoms with Crippen LogP contribution in [0.4, 0.5) is 5.69 Å². The third kappa shape index (κ3) is 4.88. The number of aromatic nitrogens is 3. The van der Waals surface area contributed by atoms with Gasteiger partial charge in [0.25, 0.3) is 5.56 Å². The Morgan fingerprint density at radius 3 is 2.31 bits per heavy atom. The fourth-order valence-electron chi connectivity index (χ4n) is 4.15. The van der Waals surface area contributed by atoms with Gasteiger partial charge in [-0.2, -0.15) is 5.10 Å². The van der Waals surface area contributed by atoms with Crippen LogP contribution in [0.25, 0.3) is 33.2 Å². The lowest BCUT2D eigenvalue weighted by molar-refractivity contribution is 0.607. The van der Waals surface area contributed by atoms with Gasteiger partial charge < -0.3 is 4.57 Å². The van der Waals surface area contributed by atoms with E-state index in [1.807, 2.05) is 59.5 Å². The molecule has 0 unspecified atom stereocenters. The summed E-state index contributed by atoms with van der Waals surface area (Å²) in [5, 5.41) is 5.62. The Labute approximate surface area is 203 Å². The summed E-state index contributed by atoms with van der Waals surface area (Å²) in [7, 11) is -1.64. The molecule has 0 aliphatic carbocycles. The summed E-state index contributed by atoms with van der Waals surface area (Å²) in [5.74, 6) is 0. The van der Waals surface area contributed by atoms with Crippen molar-refractivity contribution in [1.82, 2.24) is 14.3 Å². The molecule has 0 aliphatic heterocycles. The number of hydrogen-bond acceptors (Lipinski definition) is 4. The van der Waals surface area contributed by atoms with Crippen molar-refractivity contribution in [2.75, 3.05) is 11.0 Å². The molecule has 8 heteroatoms. The first kappa shape index (κ1) is 22.6. The maximum Gasteiger partial charge on any atom is 0.250 e. The summed E-state index contributed by atoms with van der Waals surface area (Å²) in [5.41, 5.74) is 5.93. The molecule has 0 fully saturated rings. The number of sulfonamides is 1. The van der Waals surface area contributed by atoms with Crippen molar-refractivity contribution in [3.8, 4) is 22.3 Å². The van der Waals surface area contributed by atoms with Gasteiger partial charge in [0.05, 0.1) is 24.5 Å². The smallest absolute Gasteiger partial charge is 0.250 e. The number of pyridine rings is 1. The van der Waals surface area contributed by atoms with Crippen LogP contribution in [-0.2, 0) is 23.6 Å². The van der Waals surface area contributed by atoms with E-state index in [0.29, 0.717) is 12.2 Å². The lowest BCUT2D eigenvalue weighted by Gasteiger charge is -2.13. The van der Waals surface area contributed by atoms with Gasteiger partial charge in [0, 0.05) is 35.9 Å². The molecular weight excluding hydrogens is 460 g/mol. The first-order valence-electron chi connectivity index (χ1n) is 11.1. The van der Waals surface area contributed by atoms with Crippen molar-refractivity contribution in [3.63, 3.8) is 0 Å². The minimum Gasteiger partial charge on any atom is -0.318 e. The highest BCUT2D eigenvalue weighted by atomic mass is 32.2. The van der Waals surface area contributed by atoms with E-state index in [4.69, 9.17) is 0 Å². The van der Waals surface area contributed by atoms with Gasteiger partial charge in [-0.05, 0) is 40.5 Å². The maximum atomic E-state index is 12.5. The maximum absolute atomic E-state index is 12.5. The quantitative estimate of drug-likeness (QED) is 0.385. The topological polar surface area (TPSA) is 86.0 Å². The lowest BCUT2D eigenvalue weighted by Crippen LogP contribution is -2.15. The largest absolute Gasteiger partial charge is 0.318 e. The fourth-order valence-corrected chi connectivity index (χ4v) is 4.72. The van der Waals surface area contributed by atoms with Crippen LogP contribution in [0.3, 0.4) is 0 Å². The summed E-state index contributed by atoms with van der Waals surface area (Å²) in [6, 6.07) is 24.9. The zero-order valence-corrected chi connectivity index (χ0v) is 20.2. The molecule has 5 rings (SSSR count). The van der Waals surface area contributed by atoms with Crippen molar-refractivity contribution in [3.05, 3.63) is 107 Å². The summed E-state index contributed by atoms with van der Waals surface area (Å²) in [6.45, 7) is 0.655. The van der Waals surface area contributed by atoms with Crippen LogP contribution in [0.1, 0.15) is 5.56 Å². The average Bonchev–Trinajstić information content (AvgIpc) is 3.23. The van der Waals surface area contributed by atoms with Crippen LogP contribution >= 0.6 is 0 Å². The van der Waals surface area contributed by atoms with Crippen LogP contribution in [-0.4, -0.2) is 29.0 Å². The molecule has 1 N–H and O–H groups in total. The number of hydrogen-bond donors (Lipinski definition) is 1. The highest BCUT2D eigenvalue weighted by molar-refractivity contribution is 7.92. The number of nitrogens with one attached hydrogen (secondary N) is 1. The Kier molecular flexibility index (Phi) is 5.74. The van der Waals surface area contributed by atoms with Crippen LogP contribution in [0.5, 0.6) is 0 Å². The van der Waals surface area contributed by atoms with Crippen molar-refractivity contribution in [1.29, 1.82) is 0 Å². The van der Waals surface area contributed by atoms with Gasteiger partial charge >= 0.3 is 0 Å². The molecule has 2 aromatic heterocycles. The SMILES string of the molecule is Cn1cc(-c2ccc3cnn(Cc4ccccc4)c3c2)c(-c2ccc(NS(C)(=O)=O)cc2)cc1=O. The second-order valence-corrected chi connectivity index (χ2v) is 10.3. The van der Waals surface area contributed by atoms with Crippen molar-refractivity contribution in [2.24, 2.45) is 7.05 Å². The van der Waals surface area contributed by atoms with Gasteiger partial charge in [-0.15, -0.1) is 0 Å². The van der Waals surface area contributed by atoms with E-state index in [1.165, 1.54) is 0 Å². The van der Waals surface area contributed by atoms with E-state index in [2.05, 4.69) is 28.0 Å². The molecule has 2 heterocycles. The number of aryl methyl sites for hydroxylation is 1. The minimum absolute atomic E-state index is 0.128. The van der Waals surface area contributed by atoms with Gasteiger partial charge in [0.15, 0.2) is 0 Å². The molecule has 0 aliphatic rings. The second-order valence-electron chi connectivity index (χ2n) is 8.56. The summed E-state index contributed by atoms with van der Waals surface area (Å²) in [4.78, 5) is 12.5. The Balaban J connectivity index is 1.59. The summed E-state index contributed by atoms with van der Waals surface area (Å²) < 4.78 is 29.1. The van der Waals surface area contributed by atoms with E-state index in [0.717, 1.165) is 45.0 Å². The fraction of sp³-hybridized carbons (Fsp3) is 0.111. The molecule has 0 atom stereocenters. The number of rotatable bonds is 6. The lowest BCUT2D eigenvalue weighted by atomic mass is 9.95. The third-order valence-corrected chi connectivity index (χ3v) is 6.46. The van der Waals surface area contributed by atoms with E-state index in [9.17, 15) is 13.2 Å². The molecule has 7 nitrogen and oxygen atoms in total. The molecule has 3 aromatic carbocycles. The van der Waals surface area contributed by atoms with E-state index < -0.39 is 10.0 Å². The van der Waals surface area contributed by atoms with Gasteiger partial charge in [-0.25, -0.2) is 8.42 Å². The zero-order chi connectivity index (χ0) is 24.6. The van der Waals surface area contributed by atoms with Gasteiger partial charge in [0.2, 0.25) is 10.0 Å². The van der Waals surface area contributed by atoms with Crippen LogP contribution in [0.15, 0.2) is 96.1 Å². The van der Waals surface area contributed by atoms with Crippen LogP contribution in [0.2, 0.25) is 0 Å². The highest BCUT2D eigenvalue weighted by Crippen LogP contribution is 2.33. The van der Waals surface area contributed by atoms with Gasteiger partial charge in [-0.3, -0.25) is 14.2 Å². The van der Waals surface area contributed by atoms with Crippen molar-refractivity contribution >= 4 is 26.6 Å². The second kappa shape index (κ2) is 8.88. The van der Waals surface area contributed by atoms with E-state index in [1.54, 1.807) is 29.8 Å². The van der Waals surface area contributed by atoms with Gasteiger partial charge in [0.1, 0.15) is 0 Å². The Bertz CT molecular complexity index is 1690. The van der Waals surface area contributed by atoms with E-state index in [-0.39, 0.29) is 5.56 Å². The number of benzene rings is 3. The normalized spacial score (nSPS) is 11.6. The average molecular weight is 485 g/mol. The molecule has 0 saturated carbocycles. The third-order valence-electron chi connectivity index (χ3n) is 5.86. The van der Waals surface area contributed by atoms with Crippen LogP contribution in [0, 0.1) is 0 Å². The Morgan fingerprint density at radius 1 is 0.886 bits per heavy atom. The van der Waals surface area contributed by atoms with Gasteiger partial charge in [-0.1, -0.05) is 54.6 Å². The highest BCUT2D eigenvalue weighted by Gasteiger charge is 2.13. The Hall–Kier alpha value is -4.17.